The topological polar surface area (TPSA) is 196 Å². The molecule has 0 aromatic carbocycles. The number of carbonyl (C=O) groups excluding carboxylic acids is 1. The summed E-state index contributed by atoms with van der Waals surface area (Å²) in [6.07, 6.45) is -15.9. The molecule has 10 unspecified atom stereocenters. The number of esters is 1. The molecule has 10 atom stereocenters. The Morgan fingerprint density at radius 2 is 1.43 bits per heavy atom. The second kappa shape index (κ2) is 10.6. The summed E-state index contributed by atoms with van der Waals surface area (Å²) in [7, 11) is 1.25. The fourth-order valence-electron chi connectivity index (χ4n) is 2.93. The van der Waals surface area contributed by atoms with Crippen LogP contribution in [0.5, 0.6) is 0 Å². The molecule has 0 spiro atoms. The smallest absolute Gasteiger partial charge is 0.313 e. The maximum absolute atomic E-state index is 12.1. The highest BCUT2D eigenvalue weighted by Crippen LogP contribution is 2.30. The van der Waals surface area contributed by atoms with Crippen molar-refractivity contribution in [2.45, 2.75) is 89.6 Å². The molecule has 12 heteroatoms. The Bertz CT molecular complexity index is 564. The van der Waals surface area contributed by atoms with Crippen LogP contribution >= 0.6 is 0 Å². The third-order valence-electron chi connectivity index (χ3n) is 4.80. The first kappa shape index (κ1) is 23.7. The van der Waals surface area contributed by atoms with Crippen molar-refractivity contribution in [2.75, 3.05) is 13.2 Å². The molecule has 7 N–H and O–H groups in total. The van der Waals surface area contributed by atoms with Crippen LogP contribution < -0.4 is 0 Å². The van der Waals surface area contributed by atoms with Crippen LogP contribution in [-0.4, -0.2) is 116 Å². The normalized spacial score (nSPS) is 42.8. The van der Waals surface area contributed by atoms with E-state index in [1.165, 1.54) is 7.40 Å². The number of aliphatic hydroxyl groups is 7. The molecule has 0 aromatic heterocycles. The van der Waals surface area contributed by atoms with Gasteiger partial charge in [0.2, 0.25) is 6.29 Å². The highest BCUT2D eigenvalue weighted by molar-refractivity contribution is 5.75. The molecule has 2 rings (SSSR count). The fraction of sp³-hybridized carbons (Fsp3) is 0.944. The zero-order valence-corrected chi connectivity index (χ0v) is 17.4. The molecule has 0 saturated carbocycles. The monoisotopic (exact) mass is 445 g/mol. The van der Waals surface area contributed by atoms with E-state index in [0.717, 1.165) is 0 Å². The van der Waals surface area contributed by atoms with E-state index in [1.807, 2.05) is 0 Å². The van der Waals surface area contributed by atoms with Gasteiger partial charge in [0.25, 0.3) is 0 Å². The van der Waals surface area contributed by atoms with Crippen molar-refractivity contribution in [2.24, 2.45) is 5.41 Å². The van der Waals surface area contributed by atoms with Gasteiger partial charge in [-0.25, -0.2) is 0 Å². The van der Waals surface area contributed by atoms with E-state index in [1.54, 1.807) is 20.8 Å². The Balaban J connectivity index is 0.00000242. The van der Waals surface area contributed by atoms with Crippen LogP contribution in [0.1, 0.15) is 32.5 Å². The first-order valence-electron chi connectivity index (χ1n) is 11.2. The van der Waals surface area contributed by atoms with E-state index in [0.29, 0.717) is 0 Å². The van der Waals surface area contributed by atoms with Gasteiger partial charge in [0.05, 0.1) is 18.6 Å². The maximum Gasteiger partial charge on any atom is 0.313 e. The van der Waals surface area contributed by atoms with Gasteiger partial charge in [-0.2, -0.15) is 0 Å². The second-order valence-electron chi connectivity index (χ2n) is 8.16. The number of ether oxygens (including phenoxy) is 4. The standard InChI is InChI=1S/C17H30O12.CH4.H2/c1-17(2,3)16(25)29-15-12(24)13(9(21)7(5-19)27-15)28-14-11(23)10(22)8(20)6(4-18)26-14;;/h6-15,18-24H,4-5H2,1-3H3;1H4;1H/i;1+1H;1+0H. The van der Waals surface area contributed by atoms with Crippen LogP contribution in [0.2, 0.25) is 0 Å². The lowest BCUT2D eigenvalue weighted by molar-refractivity contribution is -0.356. The van der Waals surface area contributed by atoms with Gasteiger partial charge < -0.3 is 54.7 Å². The molecule has 0 amide bonds. The Kier molecular flexibility index (Phi) is 8.38. The molecule has 0 aliphatic carbocycles. The van der Waals surface area contributed by atoms with E-state index >= 15 is 0 Å². The summed E-state index contributed by atoms with van der Waals surface area (Å²) >= 11 is 0. The predicted octanol–water partition coefficient (Wildman–Crippen LogP) is -2.92. The summed E-state index contributed by atoms with van der Waals surface area (Å²) in [6.45, 7) is 3.32. The molecule has 180 valence electrons. The Hall–Kier alpha value is -0.930. The van der Waals surface area contributed by atoms with Gasteiger partial charge >= 0.3 is 5.97 Å². The molecular weight excluding hydrogens is 409 g/mol. The number of hydrogen-bond acceptors (Lipinski definition) is 12. The molecular formula is C18H36O12. The average Bonchev–Trinajstić information content (AvgIpc) is 2.80. The van der Waals surface area contributed by atoms with Crippen LogP contribution in [0.25, 0.3) is 0 Å². The first-order valence-corrected chi connectivity index (χ1v) is 9.21. The molecule has 2 aliphatic rings. The minimum atomic E-state index is -1.78. The number of carbonyl (C=O) groups is 1. The molecule has 0 aromatic rings. The second-order valence-corrected chi connectivity index (χ2v) is 8.16. The van der Waals surface area contributed by atoms with Crippen molar-refractivity contribution in [1.82, 2.24) is 0 Å². The lowest BCUT2D eigenvalue weighted by Gasteiger charge is -2.45. The zero-order valence-electron chi connectivity index (χ0n) is 20.4. The van der Waals surface area contributed by atoms with E-state index in [4.69, 9.17) is 23.3 Å². The van der Waals surface area contributed by atoms with Crippen molar-refractivity contribution in [3.63, 3.8) is 0 Å². The van der Waals surface area contributed by atoms with Crippen LogP contribution in [0.15, 0.2) is 0 Å². The minimum absolute atomic E-state index is 0.700. The van der Waals surface area contributed by atoms with Gasteiger partial charge in [0.1, 0.15) is 48.8 Å². The van der Waals surface area contributed by atoms with Crippen molar-refractivity contribution in [1.29, 1.82) is 0 Å². The Morgan fingerprint density at radius 1 is 0.933 bits per heavy atom. The molecule has 12 nitrogen and oxygen atoms in total. The lowest BCUT2D eigenvalue weighted by Crippen LogP contribution is -2.65. The summed E-state index contributed by atoms with van der Waals surface area (Å²) in [4.78, 5) is 12.1. The Morgan fingerprint density at radius 3 is 1.93 bits per heavy atom. The zero-order chi connectivity index (χ0) is 26.1. The molecule has 2 saturated heterocycles. The Labute approximate surface area is 179 Å². The highest BCUT2D eigenvalue weighted by Gasteiger charge is 2.51. The largest absolute Gasteiger partial charge is 0.432 e. The van der Waals surface area contributed by atoms with Crippen molar-refractivity contribution in [3.8, 4) is 0 Å². The lowest BCUT2D eigenvalue weighted by atomic mass is 9.96. The highest BCUT2D eigenvalue weighted by atomic mass is 16.7. The van der Waals surface area contributed by atoms with Gasteiger partial charge in [-0.05, 0) is 20.8 Å². The molecule has 0 radical (unpaired) electrons. The van der Waals surface area contributed by atoms with Crippen molar-refractivity contribution < 1.29 is 63.8 Å². The fourth-order valence-corrected chi connectivity index (χ4v) is 2.93. The van der Waals surface area contributed by atoms with Crippen LogP contribution in [0.3, 0.4) is 0 Å². The van der Waals surface area contributed by atoms with Crippen molar-refractivity contribution >= 4 is 5.97 Å². The molecule has 2 fully saturated rings. The van der Waals surface area contributed by atoms with Gasteiger partial charge in [-0.1, -0.05) is 7.40 Å². The molecule has 0 bridgehead atoms. The van der Waals surface area contributed by atoms with Gasteiger partial charge in [-0.3, -0.25) is 4.79 Å². The van der Waals surface area contributed by atoms with Gasteiger partial charge in [0.15, 0.2) is 6.29 Å². The summed E-state index contributed by atoms with van der Waals surface area (Å²) in [6, 6.07) is 0. The van der Waals surface area contributed by atoms with E-state index in [-0.39, 0.29) is 0 Å². The SMILES string of the molecule is CC(C)(C)C(=O)OC1OC(CO)C(O)C(OC2OC(CO)C(O)C(O)C2O)C1O.[1H][13CH3].[1H][1H]. The van der Waals surface area contributed by atoms with Crippen LogP contribution in [0, 0.1) is 5.41 Å². The summed E-state index contributed by atoms with van der Waals surface area (Å²) in [5.41, 5.74) is -0.929. The minimum Gasteiger partial charge on any atom is -0.432 e. The van der Waals surface area contributed by atoms with Crippen LogP contribution in [-0.2, 0) is 23.7 Å². The maximum atomic E-state index is 12.1. The predicted molar refractivity (Wildman–Crippen MR) is 101 cm³/mol. The quantitative estimate of drug-likeness (QED) is 0.168. The first-order chi connectivity index (χ1) is 15.4. The van der Waals surface area contributed by atoms with Gasteiger partial charge in [-0.15, -0.1) is 0 Å². The van der Waals surface area contributed by atoms with Crippen LogP contribution in [0.4, 0.5) is 0 Å². The number of aliphatic hydroxyl groups excluding tert-OH is 7. The summed E-state index contributed by atoms with van der Waals surface area (Å²) < 4.78 is 36.7. The number of rotatable bonds is 5. The molecule has 30 heavy (non-hydrogen) atoms. The van der Waals surface area contributed by atoms with Gasteiger partial charge in [0, 0.05) is 4.34 Å². The summed E-state index contributed by atoms with van der Waals surface area (Å²) in [5, 5.41) is 69.3. The van der Waals surface area contributed by atoms with E-state index < -0.39 is 86.0 Å². The molecule has 2 aliphatic heterocycles. The third kappa shape index (κ3) is 5.65. The van der Waals surface area contributed by atoms with E-state index in [9.17, 15) is 40.5 Å². The number of hydrogen-bond donors (Lipinski definition) is 7. The third-order valence-corrected chi connectivity index (χ3v) is 4.80. The molecule has 2 heterocycles. The van der Waals surface area contributed by atoms with Crippen molar-refractivity contribution in [3.05, 3.63) is 0 Å². The average molecular weight is 445 g/mol. The summed E-state index contributed by atoms with van der Waals surface area (Å²) in [5.74, 6) is -0.721. The van der Waals surface area contributed by atoms with E-state index in [2.05, 4.69) is 0 Å².